The summed E-state index contributed by atoms with van der Waals surface area (Å²) >= 11 is 0. The molecule has 7 heavy (non-hydrogen) atoms. The van der Waals surface area contributed by atoms with Crippen LogP contribution >= 0.6 is 48.0 Å². The van der Waals surface area contributed by atoms with Gasteiger partial charge >= 0.3 is 5.97 Å². The van der Waals surface area contributed by atoms with Crippen molar-refractivity contribution < 1.29 is 9.90 Å². The van der Waals surface area contributed by atoms with Crippen molar-refractivity contribution in [2.75, 3.05) is 0 Å². The van der Waals surface area contributed by atoms with Crippen LogP contribution in [-0.2, 0) is 4.79 Å². The van der Waals surface area contributed by atoms with Gasteiger partial charge in [-0.1, -0.05) is 6.92 Å². The van der Waals surface area contributed by atoms with E-state index in [2.05, 4.69) is 0 Å². The van der Waals surface area contributed by atoms with E-state index < -0.39 is 5.97 Å². The van der Waals surface area contributed by atoms with Crippen molar-refractivity contribution in [3.05, 3.63) is 0 Å². The lowest BCUT2D eigenvalue weighted by Crippen LogP contribution is -1.86. The molecule has 0 aromatic rings. The van der Waals surface area contributed by atoms with Gasteiger partial charge in [0.1, 0.15) is 0 Å². The molecule has 0 aromatic heterocycles. The normalized spacial score (nSPS) is 5.29. The molecule has 0 radical (unpaired) electrons. The predicted molar refractivity (Wildman–Crippen MR) is 48.8 cm³/mol. The Morgan fingerprint density at radius 3 is 1.71 bits per heavy atom. The van der Waals surface area contributed by atoms with E-state index in [-0.39, 0.29) is 54.4 Å². The first kappa shape index (κ1) is 15.7. The molecule has 0 atom stereocenters. The first-order valence-electron chi connectivity index (χ1n) is 1.49. The van der Waals surface area contributed by atoms with Crippen LogP contribution in [-0.4, -0.2) is 11.1 Å². The third-order valence-electron chi connectivity index (χ3n) is 0.302. The minimum Gasteiger partial charge on any atom is -0.481 e. The molecule has 0 rings (SSSR count). The maximum atomic E-state index is 9.37. The first-order chi connectivity index (χ1) is 2.27. The summed E-state index contributed by atoms with van der Waals surface area (Å²) in [5.41, 5.74) is 0. The molecule has 0 aliphatic carbocycles. The highest BCUT2D eigenvalue weighted by atomic mass is 127. The summed E-state index contributed by atoms with van der Waals surface area (Å²) in [6.45, 7) is 1.60. The Balaban J connectivity index is -0.0000000800. The Morgan fingerprint density at radius 1 is 1.57 bits per heavy atom. The number of aliphatic carboxylic acids is 1. The molecule has 0 aliphatic rings. The van der Waals surface area contributed by atoms with Crippen LogP contribution in [0, 0.1) is 0 Å². The number of carboxylic acids is 1. The van der Waals surface area contributed by atoms with Crippen molar-refractivity contribution in [3.63, 3.8) is 0 Å². The predicted octanol–water partition coefficient (Wildman–Crippen LogP) is 1.72. The standard InChI is InChI=1S/C3H6O2.2HI/c1-2-3(4)5;;/h2H2,1H3,(H,4,5);2*1H. The van der Waals surface area contributed by atoms with Crippen molar-refractivity contribution >= 4 is 53.9 Å². The Bertz CT molecular complexity index is 46.2. The van der Waals surface area contributed by atoms with Crippen molar-refractivity contribution in [1.29, 1.82) is 0 Å². The van der Waals surface area contributed by atoms with Gasteiger partial charge < -0.3 is 5.11 Å². The van der Waals surface area contributed by atoms with E-state index in [0.717, 1.165) is 0 Å². The quantitative estimate of drug-likeness (QED) is 0.744. The molecule has 0 spiro atoms. The molecule has 0 aromatic carbocycles. The fourth-order valence-electron chi connectivity index (χ4n) is 0. The molecule has 0 unspecified atom stereocenters. The van der Waals surface area contributed by atoms with E-state index in [4.69, 9.17) is 5.11 Å². The summed E-state index contributed by atoms with van der Waals surface area (Å²) in [7, 11) is 0. The summed E-state index contributed by atoms with van der Waals surface area (Å²) in [6, 6.07) is 0. The average molecular weight is 330 g/mol. The second-order valence-corrected chi connectivity index (χ2v) is 0.747. The molecule has 0 aliphatic heterocycles. The molecule has 2 nitrogen and oxygen atoms in total. The molecule has 0 bridgehead atoms. The van der Waals surface area contributed by atoms with Gasteiger partial charge in [0.2, 0.25) is 0 Å². The van der Waals surface area contributed by atoms with Crippen LogP contribution in [0.2, 0.25) is 0 Å². The molecular weight excluding hydrogens is 322 g/mol. The van der Waals surface area contributed by atoms with Crippen molar-refractivity contribution in [2.24, 2.45) is 0 Å². The molecule has 0 saturated carbocycles. The first-order valence-corrected chi connectivity index (χ1v) is 1.49. The second kappa shape index (κ2) is 10.0. The number of hydrogen-bond acceptors (Lipinski definition) is 1. The Kier molecular flexibility index (Phi) is 22.4. The lowest BCUT2D eigenvalue weighted by Gasteiger charge is -1.71. The Labute approximate surface area is 76.7 Å². The van der Waals surface area contributed by atoms with E-state index in [9.17, 15) is 4.79 Å². The van der Waals surface area contributed by atoms with E-state index in [1.165, 1.54) is 0 Å². The van der Waals surface area contributed by atoms with Gasteiger partial charge in [-0.2, -0.15) is 0 Å². The van der Waals surface area contributed by atoms with Gasteiger partial charge in [0.15, 0.2) is 0 Å². The van der Waals surface area contributed by atoms with Crippen LogP contribution in [0.5, 0.6) is 0 Å². The van der Waals surface area contributed by atoms with Crippen molar-refractivity contribution in [2.45, 2.75) is 13.3 Å². The third kappa shape index (κ3) is 19.6. The zero-order chi connectivity index (χ0) is 4.28. The summed E-state index contributed by atoms with van der Waals surface area (Å²) in [6.07, 6.45) is 0.222. The highest BCUT2D eigenvalue weighted by Gasteiger charge is 1.80. The second-order valence-electron chi connectivity index (χ2n) is 0.747. The highest BCUT2D eigenvalue weighted by molar-refractivity contribution is 14.0. The number of halogens is 2. The topological polar surface area (TPSA) is 37.3 Å². The summed E-state index contributed by atoms with van der Waals surface area (Å²) < 4.78 is 0. The SMILES string of the molecule is CCC(=O)O.I.I. The molecular formula is C3H8I2O2. The van der Waals surface area contributed by atoms with Crippen LogP contribution in [0.15, 0.2) is 0 Å². The fourth-order valence-corrected chi connectivity index (χ4v) is 0. The minimum atomic E-state index is -0.745. The molecule has 0 fully saturated rings. The number of rotatable bonds is 1. The molecule has 4 heteroatoms. The summed E-state index contributed by atoms with van der Waals surface area (Å²) in [5, 5.41) is 7.72. The van der Waals surface area contributed by atoms with Crippen LogP contribution < -0.4 is 0 Å². The van der Waals surface area contributed by atoms with Gasteiger partial charge in [0.25, 0.3) is 0 Å². The third-order valence-corrected chi connectivity index (χ3v) is 0.302. The lowest BCUT2D eigenvalue weighted by atomic mass is 10.5. The lowest BCUT2D eigenvalue weighted by molar-refractivity contribution is -0.136. The van der Waals surface area contributed by atoms with Gasteiger partial charge in [-0.05, 0) is 0 Å². The number of carbonyl (C=O) groups is 1. The van der Waals surface area contributed by atoms with Gasteiger partial charge in [-0.3, -0.25) is 4.79 Å². The molecule has 0 saturated heterocycles. The summed E-state index contributed by atoms with van der Waals surface area (Å²) in [4.78, 5) is 9.37. The minimum absolute atomic E-state index is 0. The highest BCUT2D eigenvalue weighted by Crippen LogP contribution is 1.67. The zero-order valence-electron chi connectivity index (χ0n) is 3.88. The monoisotopic (exact) mass is 330 g/mol. The van der Waals surface area contributed by atoms with E-state index in [1.807, 2.05) is 0 Å². The number of carboxylic acid groups (broad SMARTS) is 1. The summed E-state index contributed by atoms with van der Waals surface area (Å²) in [5.74, 6) is -0.745. The van der Waals surface area contributed by atoms with Gasteiger partial charge in [0, 0.05) is 6.42 Å². The maximum absolute atomic E-state index is 9.37. The van der Waals surface area contributed by atoms with Crippen LogP contribution in [0.25, 0.3) is 0 Å². The zero-order valence-corrected chi connectivity index (χ0v) is 8.54. The van der Waals surface area contributed by atoms with Crippen LogP contribution in [0.3, 0.4) is 0 Å². The maximum Gasteiger partial charge on any atom is 0.303 e. The molecule has 46 valence electrons. The van der Waals surface area contributed by atoms with E-state index >= 15 is 0 Å². The molecule has 0 heterocycles. The van der Waals surface area contributed by atoms with Gasteiger partial charge in [-0.15, -0.1) is 48.0 Å². The molecule has 0 amide bonds. The average Bonchev–Trinajstić information content (AvgIpc) is 1.38. The Hall–Kier alpha value is 0.930. The Morgan fingerprint density at radius 2 is 1.71 bits per heavy atom. The van der Waals surface area contributed by atoms with Crippen LogP contribution in [0.4, 0.5) is 0 Å². The van der Waals surface area contributed by atoms with Crippen molar-refractivity contribution in [3.8, 4) is 0 Å². The van der Waals surface area contributed by atoms with E-state index in [1.54, 1.807) is 6.92 Å². The van der Waals surface area contributed by atoms with E-state index in [0.29, 0.717) is 0 Å². The fraction of sp³-hybridized carbons (Fsp3) is 0.667. The van der Waals surface area contributed by atoms with Crippen molar-refractivity contribution in [1.82, 2.24) is 0 Å². The smallest absolute Gasteiger partial charge is 0.303 e. The molecule has 1 N–H and O–H groups in total. The largest absolute Gasteiger partial charge is 0.481 e. The van der Waals surface area contributed by atoms with Gasteiger partial charge in [-0.25, -0.2) is 0 Å². The van der Waals surface area contributed by atoms with Gasteiger partial charge in [0.05, 0.1) is 0 Å². The number of hydrogen-bond donors (Lipinski definition) is 1. The van der Waals surface area contributed by atoms with Crippen LogP contribution in [0.1, 0.15) is 13.3 Å².